The van der Waals surface area contributed by atoms with Crippen LogP contribution in [-0.2, 0) is 13.1 Å². The number of benzene rings is 1. The number of hydrogen-bond acceptors (Lipinski definition) is 4. The van der Waals surface area contributed by atoms with Gasteiger partial charge in [-0.05, 0) is 55.3 Å². The van der Waals surface area contributed by atoms with Gasteiger partial charge in [0.1, 0.15) is 5.76 Å². The van der Waals surface area contributed by atoms with Gasteiger partial charge in [-0.15, -0.1) is 24.0 Å². The first kappa shape index (κ1) is 24.3. The van der Waals surface area contributed by atoms with Crippen molar-refractivity contribution in [1.29, 1.82) is 0 Å². The topological polar surface area (TPSA) is 70.6 Å². The molecule has 0 aliphatic carbocycles. The molecule has 2 N–H and O–H groups in total. The van der Waals surface area contributed by atoms with Gasteiger partial charge in [0.25, 0.3) is 0 Å². The van der Waals surface area contributed by atoms with Crippen LogP contribution in [0.3, 0.4) is 0 Å². The highest BCUT2D eigenvalue weighted by Crippen LogP contribution is 2.24. The van der Waals surface area contributed by atoms with Gasteiger partial charge in [-0.2, -0.15) is 5.10 Å². The lowest BCUT2D eigenvalue weighted by Gasteiger charge is -2.33. The van der Waals surface area contributed by atoms with Gasteiger partial charge >= 0.3 is 0 Å². The normalized spacial score (nSPS) is 15.7. The van der Waals surface area contributed by atoms with Crippen LogP contribution in [0, 0.1) is 0 Å². The van der Waals surface area contributed by atoms with Crippen LogP contribution in [-0.4, -0.2) is 47.3 Å². The SMILES string of the molecule is CN=C(NCc1ccccc1Cn1cccn1)NCC(c1ccco1)N1CCCCC1.I. The lowest BCUT2D eigenvalue weighted by molar-refractivity contribution is 0.146. The van der Waals surface area contributed by atoms with Crippen LogP contribution in [0.15, 0.2) is 70.5 Å². The minimum Gasteiger partial charge on any atom is -0.468 e. The van der Waals surface area contributed by atoms with Gasteiger partial charge in [0, 0.05) is 32.5 Å². The first-order valence-corrected chi connectivity index (χ1v) is 11.1. The van der Waals surface area contributed by atoms with Crippen molar-refractivity contribution in [1.82, 2.24) is 25.3 Å². The molecule has 7 nitrogen and oxygen atoms in total. The monoisotopic (exact) mass is 548 g/mol. The van der Waals surface area contributed by atoms with Crippen LogP contribution >= 0.6 is 24.0 Å². The van der Waals surface area contributed by atoms with Crippen LogP contribution in [0.4, 0.5) is 0 Å². The van der Waals surface area contributed by atoms with E-state index in [9.17, 15) is 0 Å². The number of halogens is 1. The molecule has 4 rings (SSSR count). The number of rotatable bonds is 8. The summed E-state index contributed by atoms with van der Waals surface area (Å²) in [5.41, 5.74) is 2.48. The first-order chi connectivity index (χ1) is 15.3. The summed E-state index contributed by atoms with van der Waals surface area (Å²) in [4.78, 5) is 6.95. The molecule has 0 bridgehead atoms. The molecule has 1 aliphatic heterocycles. The molecule has 8 heteroatoms. The van der Waals surface area contributed by atoms with Crippen molar-refractivity contribution in [3.8, 4) is 0 Å². The second-order valence-electron chi connectivity index (χ2n) is 7.91. The molecule has 0 spiro atoms. The molecular formula is C24H33IN6O. The molecule has 1 aliphatic rings. The average molecular weight is 548 g/mol. The molecule has 0 radical (unpaired) electrons. The first-order valence-electron chi connectivity index (χ1n) is 11.1. The molecule has 172 valence electrons. The van der Waals surface area contributed by atoms with Crippen molar-refractivity contribution in [3.63, 3.8) is 0 Å². The number of furan rings is 1. The van der Waals surface area contributed by atoms with Gasteiger partial charge in [-0.1, -0.05) is 30.7 Å². The Morgan fingerprint density at radius 3 is 2.56 bits per heavy atom. The van der Waals surface area contributed by atoms with Crippen LogP contribution in [0.2, 0.25) is 0 Å². The summed E-state index contributed by atoms with van der Waals surface area (Å²) in [5.74, 6) is 1.80. The third kappa shape index (κ3) is 6.59. The number of piperidine rings is 1. The Morgan fingerprint density at radius 1 is 1.06 bits per heavy atom. The standard InChI is InChI=1S/C24H32N6O.HI/c1-25-24(26-17-20-9-3-4-10-21(20)19-30-15-8-12-28-30)27-18-22(23-11-7-16-31-23)29-13-5-2-6-14-29;/h3-4,7-12,15-16,22H,2,5-6,13-14,17-19H2,1H3,(H2,25,26,27);1H. The highest BCUT2D eigenvalue weighted by atomic mass is 127. The molecule has 1 unspecified atom stereocenters. The zero-order valence-corrected chi connectivity index (χ0v) is 20.9. The van der Waals surface area contributed by atoms with E-state index in [1.165, 1.54) is 30.4 Å². The fourth-order valence-corrected chi connectivity index (χ4v) is 4.17. The highest BCUT2D eigenvalue weighted by molar-refractivity contribution is 14.0. The number of likely N-dealkylation sites (tertiary alicyclic amines) is 1. The fourth-order valence-electron chi connectivity index (χ4n) is 4.17. The third-order valence-electron chi connectivity index (χ3n) is 5.85. The van der Waals surface area contributed by atoms with E-state index in [1.807, 2.05) is 36.3 Å². The van der Waals surface area contributed by atoms with E-state index in [-0.39, 0.29) is 30.0 Å². The summed E-state index contributed by atoms with van der Waals surface area (Å²) in [7, 11) is 1.81. The molecule has 0 amide bonds. The fraction of sp³-hybridized carbons (Fsp3) is 0.417. The zero-order chi connectivity index (χ0) is 21.3. The van der Waals surface area contributed by atoms with E-state index in [0.717, 1.165) is 37.9 Å². The van der Waals surface area contributed by atoms with E-state index < -0.39 is 0 Å². The smallest absolute Gasteiger partial charge is 0.191 e. The van der Waals surface area contributed by atoms with Crippen molar-refractivity contribution >= 4 is 29.9 Å². The van der Waals surface area contributed by atoms with Gasteiger partial charge in [-0.25, -0.2) is 0 Å². The summed E-state index contributed by atoms with van der Waals surface area (Å²) >= 11 is 0. The van der Waals surface area contributed by atoms with E-state index in [1.54, 1.807) is 6.26 Å². The van der Waals surface area contributed by atoms with Gasteiger partial charge in [-0.3, -0.25) is 14.6 Å². The number of hydrogen-bond donors (Lipinski definition) is 2. The third-order valence-corrected chi connectivity index (χ3v) is 5.85. The molecular weight excluding hydrogens is 515 g/mol. The maximum Gasteiger partial charge on any atom is 0.191 e. The molecule has 3 aromatic rings. The molecule has 3 heterocycles. The largest absolute Gasteiger partial charge is 0.468 e. The van der Waals surface area contributed by atoms with Crippen molar-refractivity contribution in [2.24, 2.45) is 4.99 Å². The van der Waals surface area contributed by atoms with E-state index in [0.29, 0.717) is 6.54 Å². The Kier molecular flexibility index (Phi) is 9.61. The summed E-state index contributed by atoms with van der Waals surface area (Å²) in [6, 6.07) is 14.6. The molecule has 1 aromatic carbocycles. The van der Waals surface area contributed by atoms with Gasteiger partial charge in [0.05, 0.1) is 18.8 Å². The maximum absolute atomic E-state index is 5.76. The van der Waals surface area contributed by atoms with Crippen molar-refractivity contribution in [2.45, 2.75) is 38.4 Å². The quantitative estimate of drug-likeness (QED) is 0.253. The zero-order valence-electron chi connectivity index (χ0n) is 18.6. The second-order valence-corrected chi connectivity index (χ2v) is 7.91. The molecule has 1 saturated heterocycles. The Balaban J connectivity index is 0.00000289. The Bertz CT molecular complexity index is 935. The van der Waals surface area contributed by atoms with E-state index in [2.05, 4.69) is 56.0 Å². The lowest BCUT2D eigenvalue weighted by Crippen LogP contribution is -2.44. The predicted molar refractivity (Wildman–Crippen MR) is 138 cm³/mol. The van der Waals surface area contributed by atoms with E-state index >= 15 is 0 Å². The van der Waals surface area contributed by atoms with Gasteiger partial charge in [0.15, 0.2) is 5.96 Å². The van der Waals surface area contributed by atoms with Gasteiger partial charge in [0.2, 0.25) is 0 Å². The average Bonchev–Trinajstić information content (AvgIpc) is 3.52. The number of aliphatic imine (C=N–C) groups is 1. The lowest BCUT2D eigenvalue weighted by atomic mass is 10.1. The summed E-state index contributed by atoms with van der Waals surface area (Å²) in [5, 5.41) is 11.3. The van der Waals surface area contributed by atoms with Crippen molar-refractivity contribution in [2.75, 3.05) is 26.7 Å². The highest BCUT2D eigenvalue weighted by Gasteiger charge is 2.24. The summed E-state index contributed by atoms with van der Waals surface area (Å²) in [6.07, 6.45) is 9.37. The molecule has 0 saturated carbocycles. The second kappa shape index (κ2) is 12.6. The maximum atomic E-state index is 5.76. The minimum atomic E-state index is 0. The number of guanidine groups is 1. The Morgan fingerprint density at radius 2 is 1.88 bits per heavy atom. The molecule has 2 aromatic heterocycles. The van der Waals surface area contributed by atoms with Crippen molar-refractivity contribution in [3.05, 3.63) is 78.0 Å². The molecule has 1 fully saturated rings. The van der Waals surface area contributed by atoms with Crippen LogP contribution in [0.5, 0.6) is 0 Å². The summed E-state index contributed by atoms with van der Waals surface area (Å²) < 4.78 is 7.70. The summed E-state index contributed by atoms with van der Waals surface area (Å²) in [6.45, 7) is 4.43. The Labute approximate surface area is 207 Å². The van der Waals surface area contributed by atoms with Crippen LogP contribution in [0.1, 0.15) is 42.2 Å². The van der Waals surface area contributed by atoms with Gasteiger partial charge < -0.3 is 15.1 Å². The van der Waals surface area contributed by atoms with E-state index in [4.69, 9.17) is 4.42 Å². The Hall–Kier alpha value is -2.33. The minimum absolute atomic E-state index is 0. The number of nitrogens with one attached hydrogen (secondary N) is 2. The predicted octanol–water partition coefficient (Wildman–Crippen LogP) is 4.03. The van der Waals surface area contributed by atoms with Crippen LogP contribution in [0.25, 0.3) is 0 Å². The van der Waals surface area contributed by atoms with Crippen LogP contribution < -0.4 is 10.6 Å². The van der Waals surface area contributed by atoms with Crippen molar-refractivity contribution < 1.29 is 4.42 Å². The number of nitrogens with zero attached hydrogens (tertiary/aromatic N) is 4. The molecule has 1 atom stereocenters. The number of aromatic nitrogens is 2. The molecule has 32 heavy (non-hydrogen) atoms.